The van der Waals surface area contributed by atoms with Gasteiger partial charge >= 0.3 is 6.01 Å². The Hall–Kier alpha value is -2.04. The third kappa shape index (κ3) is 3.54. The lowest BCUT2D eigenvalue weighted by atomic mass is 10.1. The van der Waals surface area contributed by atoms with Gasteiger partial charge in [-0.05, 0) is 29.8 Å². The van der Waals surface area contributed by atoms with Crippen LogP contribution in [0.1, 0.15) is 11.5 Å². The third-order valence-corrected chi connectivity index (χ3v) is 3.57. The molecule has 0 radical (unpaired) electrons. The van der Waals surface area contributed by atoms with Crippen LogP contribution in [-0.4, -0.2) is 10.2 Å². The Morgan fingerprint density at radius 3 is 2.52 bits per heavy atom. The summed E-state index contributed by atoms with van der Waals surface area (Å²) in [5.41, 5.74) is 1.85. The fourth-order valence-electron chi connectivity index (χ4n) is 1.84. The van der Waals surface area contributed by atoms with E-state index in [0.29, 0.717) is 28.4 Å². The molecule has 0 aliphatic rings. The van der Waals surface area contributed by atoms with E-state index in [-0.39, 0.29) is 0 Å². The summed E-state index contributed by atoms with van der Waals surface area (Å²) in [5.74, 6) is 0.506. The second kappa shape index (κ2) is 6.16. The molecule has 21 heavy (non-hydrogen) atoms. The van der Waals surface area contributed by atoms with Crippen molar-refractivity contribution in [1.82, 2.24) is 10.2 Å². The van der Waals surface area contributed by atoms with Crippen molar-refractivity contribution in [2.75, 3.05) is 5.32 Å². The smallest absolute Gasteiger partial charge is 0.320 e. The van der Waals surface area contributed by atoms with Gasteiger partial charge in [0.2, 0.25) is 5.89 Å². The van der Waals surface area contributed by atoms with E-state index in [9.17, 15) is 0 Å². The molecule has 3 rings (SSSR count). The first-order valence-electron chi connectivity index (χ1n) is 6.29. The van der Waals surface area contributed by atoms with Gasteiger partial charge in [-0.15, -0.1) is 5.10 Å². The molecule has 0 saturated carbocycles. The molecular weight excluding hydrogens is 309 g/mol. The second-order valence-corrected chi connectivity index (χ2v) is 5.23. The molecule has 0 saturated heterocycles. The van der Waals surface area contributed by atoms with Crippen molar-refractivity contribution >= 4 is 34.9 Å². The zero-order valence-corrected chi connectivity index (χ0v) is 12.4. The first kappa shape index (κ1) is 13.9. The van der Waals surface area contributed by atoms with Crippen LogP contribution >= 0.6 is 23.2 Å². The molecule has 6 heteroatoms. The number of aromatic nitrogens is 2. The SMILES string of the molecule is Clc1ccc(Cc2nnc(Nc3ccccc3)o2)cc1Cl. The number of nitrogens with one attached hydrogen (secondary N) is 1. The maximum atomic E-state index is 5.98. The number of halogens is 2. The van der Waals surface area contributed by atoms with Gasteiger partial charge in [0.05, 0.1) is 16.5 Å². The zero-order chi connectivity index (χ0) is 14.7. The Morgan fingerprint density at radius 2 is 1.76 bits per heavy atom. The number of para-hydroxylation sites is 1. The van der Waals surface area contributed by atoms with E-state index in [2.05, 4.69) is 15.5 Å². The Morgan fingerprint density at radius 1 is 0.952 bits per heavy atom. The molecule has 1 N–H and O–H groups in total. The Labute approximate surface area is 131 Å². The van der Waals surface area contributed by atoms with Crippen molar-refractivity contribution < 1.29 is 4.42 Å². The fourth-order valence-corrected chi connectivity index (χ4v) is 2.17. The quantitative estimate of drug-likeness (QED) is 0.756. The molecular formula is C15H11Cl2N3O. The fraction of sp³-hybridized carbons (Fsp3) is 0.0667. The summed E-state index contributed by atoms with van der Waals surface area (Å²) in [6.45, 7) is 0. The lowest BCUT2D eigenvalue weighted by Gasteiger charge is -2.00. The van der Waals surface area contributed by atoms with Crippen LogP contribution in [0.4, 0.5) is 11.7 Å². The molecule has 0 unspecified atom stereocenters. The van der Waals surface area contributed by atoms with E-state index in [0.717, 1.165) is 11.3 Å². The molecule has 0 fully saturated rings. The van der Waals surface area contributed by atoms with Crippen molar-refractivity contribution in [3.8, 4) is 0 Å². The molecule has 0 amide bonds. The van der Waals surface area contributed by atoms with Crippen LogP contribution in [0.3, 0.4) is 0 Å². The predicted molar refractivity (Wildman–Crippen MR) is 83.3 cm³/mol. The predicted octanol–water partition coefficient (Wildman–Crippen LogP) is 4.71. The van der Waals surface area contributed by atoms with Crippen LogP contribution in [0.2, 0.25) is 10.0 Å². The number of benzene rings is 2. The minimum absolute atomic E-state index is 0.358. The average Bonchev–Trinajstić information content (AvgIpc) is 2.91. The van der Waals surface area contributed by atoms with Crippen molar-refractivity contribution in [2.24, 2.45) is 0 Å². The van der Waals surface area contributed by atoms with Gasteiger partial charge in [0.1, 0.15) is 0 Å². The Bertz CT molecular complexity index is 744. The number of nitrogens with zero attached hydrogens (tertiary/aromatic N) is 2. The van der Waals surface area contributed by atoms with Crippen molar-refractivity contribution in [3.63, 3.8) is 0 Å². The monoisotopic (exact) mass is 319 g/mol. The first-order chi connectivity index (χ1) is 10.2. The van der Waals surface area contributed by atoms with Crippen LogP contribution < -0.4 is 5.32 Å². The Kier molecular flexibility index (Phi) is 4.08. The van der Waals surface area contributed by atoms with E-state index >= 15 is 0 Å². The van der Waals surface area contributed by atoms with Gasteiger partial charge in [0.25, 0.3) is 0 Å². The largest absolute Gasteiger partial charge is 0.408 e. The number of hydrogen-bond donors (Lipinski definition) is 1. The highest BCUT2D eigenvalue weighted by Gasteiger charge is 2.08. The van der Waals surface area contributed by atoms with E-state index in [1.54, 1.807) is 12.1 Å². The number of hydrogen-bond acceptors (Lipinski definition) is 4. The first-order valence-corrected chi connectivity index (χ1v) is 7.05. The van der Waals surface area contributed by atoms with Crippen LogP contribution in [0, 0.1) is 0 Å². The molecule has 0 spiro atoms. The minimum Gasteiger partial charge on any atom is -0.408 e. The third-order valence-electron chi connectivity index (χ3n) is 2.83. The summed E-state index contributed by atoms with van der Waals surface area (Å²) in [6, 6.07) is 15.4. The standard InChI is InChI=1S/C15H11Cl2N3O/c16-12-7-6-10(8-13(12)17)9-14-19-20-15(21-14)18-11-4-2-1-3-5-11/h1-8H,9H2,(H,18,20). The normalized spacial score (nSPS) is 10.6. The molecule has 1 heterocycles. The van der Waals surface area contributed by atoms with Gasteiger partial charge in [-0.25, -0.2) is 0 Å². The molecule has 2 aromatic carbocycles. The van der Waals surface area contributed by atoms with E-state index in [1.165, 1.54) is 0 Å². The summed E-state index contributed by atoms with van der Waals surface area (Å²) in [7, 11) is 0. The van der Waals surface area contributed by atoms with Crippen LogP contribution in [-0.2, 0) is 6.42 Å². The molecule has 0 aliphatic carbocycles. The lowest BCUT2D eigenvalue weighted by molar-refractivity contribution is 0.521. The summed E-state index contributed by atoms with van der Waals surface area (Å²) in [4.78, 5) is 0. The maximum Gasteiger partial charge on any atom is 0.320 e. The molecule has 0 atom stereocenters. The molecule has 4 nitrogen and oxygen atoms in total. The van der Waals surface area contributed by atoms with Gasteiger partial charge in [0.15, 0.2) is 0 Å². The van der Waals surface area contributed by atoms with Crippen molar-refractivity contribution in [3.05, 3.63) is 70.0 Å². The molecule has 3 aromatic rings. The summed E-state index contributed by atoms with van der Waals surface area (Å²) in [5, 5.41) is 12.0. The molecule has 106 valence electrons. The van der Waals surface area contributed by atoms with Crippen LogP contribution in [0.5, 0.6) is 0 Å². The average molecular weight is 320 g/mol. The van der Waals surface area contributed by atoms with Crippen molar-refractivity contribution in [2.45, 2.75) is 6.42 Å². The van der Waals surface area contributed by atoms with Gasteiger partial charge in [-0.1, -0.05) is 52.6 Å². The topological polar surface area (TPSA) is 51.0 Å². The second-order valence-electron chi connectivity index (χ2n) is 4.42. The minimum atomic E-state index is 0.358. The van der Waals surface area contributed by atoms with E-state index in [1.807, 2.05) is 36.4 Å². The highest BCUT2D eigenvalue weighted by Crippen LogP contribution is 2.24. The Balaban J connectivity index is 1.71. The van der Waals surface area contributed by atoms with E-state index in [4.69, 9.17) is 27.6 Å². The zero-order valence-electron chi connectivity index (χ0n) is 10.9. The summed E-state index contributed by atoms with van der Waals surface area (Å²) >= 11 is 11.9. The summed E-state index contributed by atoms with van der Waals surface area (Å²) in [6.07, 6.45) is 0.500. The number of rotatable bonds is 4. The lowest BCUT2D eigenvalue weighted by Crippen LogP contribution is -1.89. The highest BCUT2D eigenvalue weighted by atomic mass is 35.5. The number of anilines is 2. The molecule has 0 aliphatic heterocycles. The highest BCUT2D eigenvalue weighted by molar-refractivity contribution is 6.42. The maximum absolute atomic E-state index is 5.98. The molecule has 0 bridgehead atoms. The van der Waals surface area contributed by atoms with Gasteiger partial charge < -0.3 is 9.73 Å². The molecule has 1 aromatic heterocycles. The summed E-state index contributed by atoms with van der Waals surface area (Å²) < 4.78 is 5.55. The van der Waals surface area contributed by atoms with Crippen molar-refractivity contribution in [1.29, 1.82) is 0 Å². The van der Waals surface area contributed by atoms with Gasteiger partial charge in [-0.3, -0.25) is 0 Å². The van der Waals surface area contributed by atoms with Crippen LogP contribution in [0.15, 0.2) is 52.9 Å². The van der Waals surface area contributed by atoms with Gasteiger partial charge in [-0.2, -0.15) is 0 Å². The van der Waals surface area contributed by atoms with E-state index < -0.39 is 0 Å². The van der Waals surface area contributed by atoms with Gasteiger partial charge in [0, 0.05) is 5.69 Å². The van der Waals surface area contributed by atoms with Crippen LogP contribution in [0.25, 0.3) is 0 Å².